The van der Waals surface area contributed by atoms with Crippen molar-refractivity contribution in [3.05, 3.63) is 54.1 Å². The van der Waals surface area contributed by atoms with E-state index in [4.69, 9.17) is 4.74 Å². The fourth-order valence-corrected chi connectivity index (χ4v) is 3.08. The second kappa shape index (κ2) is 6.67. The van der Waals surface area contributed by atoms with E-state index in [-0.39, 0.29) is 18.1 Å². The van der Waals surface area contributed by atoms with Crippen LogP contribution in [0.1, 0.15) is 11.4 Å². The van der Waals surface area contributed by atoms with E-state index in [2.05, 4.69) is 4.98 Å². The highest BCUT2D eigenvalue weighted by Gasteiger charge is 2.15. The van der Waals surface area contributed by atoms with Crippen molar-refractivity contribution in [1.82, 2.24) is 9.55 Å². The summed E-state index contributed by atoms with van der Waals surface area (Å²) < 4.78 is 30.5. The molecule has 1 aromatic carbocycles. The van der Waals surface area contributed by atoms with Gasteiger partial charge in [0.2, 0.25) is 0 Å². The largest absolute Gasteiger partial charge is 0.384 e. The molecule has 2 aromatic rings. The standard InChI is InChI=1S/C14H18N2O3S/c1-19-9-10-20(17,18)12-14-15-7-8-16(14)11-13-5-3-2-4-6-13/h2-8H,9-12H2,1H3. The second-order valence-corrected chi connectivity index (χ2v) is 6.73. The molecule has 0 saturated carbocycles. The van der Waals surface area contributed by atoms with E-state index < -0.39 is 9.84 Å². The SMILES string of the molecule is COCCS(=O)(=O)Cc1nccn1Cc1ccccc1. The van der Waals surface area contributed by atoms with Gasteiger partial charge in [-0.15, -0.1) is 0 Å². The molecule has 0 bridgehead atoms. The van der Waals surface area contributed by atoms with Crippen LogP contribution in [0.2, 0.25) is 0 Å². The Labute approximate surface area is 119 Å². The van der Waals surface area contributed by atoms with Crippen molar-refractivity contribution in [2.24, 2.45) is 0 Å². The third-order valence-corrected chi connectivity index (χ3v) is 4.43. The molecular formula is C14H18N2O3S. The van der Waals surface area contributed by atoms with Gasteiger partial charge in [0.05, 0.1) is 12.4 Å². The molecule has 0 saturated heterocycles. The van der Waals surface area contributed by atoms with E-state index >= 15 is 0 Å². The minimum Gasteiger partial charge on any atom is -0.384 e. The summed E-state index contributed by atoms with van der Waals surface area (Å²) in [5, 5.41) is 0. The molecule has 0 spiro atoms. The Kier molecular flexibility index (Phi) is 4.92. The first-order chi connectivity index (χ1) is 9.61. The van der Waals surface area contributed by atoms with E-state index in [0.29, 0.717) is 12.4 Å². The van der Waals surface area contributed by atoms with Crippen LogP contribution >= 0.6 is 0 Å². The van der Waals surface area contributed by atoms with Gasteiger partial charge in [-0.2, -0.15) is 0 Å². The highest BCUT2D eigenvalue weighted by molar-refractivity contribution is 7.90. The number of methoxy groups -OCH3 is 1. The van der Waals surface area contributed by atoms with Gasteiger partial charge in [0.25, 0.3) is 0 Å². The van der Waals surface area contributed by atoms with Crippen LogP contribution in [-0.4, -0.2) is 37.4 Å². The first-order valence-electron chi connectivity index (χ1n) is 6.34. The molecule has 0 aliphatic heterocycles. The van der Waals surface area contributed by atoms with Crippen LogP contribution in [0.3, 0.4) is 0 Å². The highest BCUT2D eigenvalue weighted by atomic mass is 32.2. The van der Waals surface area contributed by atoms with E-state index in [9.17, 15) is 8.42 Å². The summed E-state index contributed by atoms with van der Waals surface area (Å²) in [4.78, 5) is 4.15. The van der Waals surface area contributed by atoms with E-state index in [0.717, 1.165) is 5.56 Å². The van der Waals surface area contributed by atoms with Crippen LogP contribution in [0.5, 0.6) is 0 Å². The number of rotatable bonds is 7. The maximum atomic E-state index is 11.9. The number of benzene rings is 1. The molecule has 0 amide bonds. The molecule has 1 aromatic heterocycles. The van der Waals surface area contributed by atoms with Gasteiger partial charge in [0.15, 0.2) is 9.84 Å². The first-order valence-corrected chi connectivity index (χ1v) is 8.16. The summed E-state index contributed by atoms with van der Waals surface area (Å²) in [7, 11) is -1.70. The predicted octanol–water partition coefficient (Wildman–Crippen LogP) is 1.49. The van der Waals surface area contributed by atoms with Gasteiger partial charge in [0.1, 0.15) is 11.6 Å². The van der Waals surface area contributed by atoms with E-state index in [1.165, 1.54) is 7.11 Å². The molecule has 2 rings (SSSR count). The van der Waals surface area contributed by atoms with Gasteiger partial charge in [-0.1, -0.05) is 30.3 Å². The molecule has 0 N–H and O–H groups in total. The molecule has 108 valence electrons. The number of hydrogen-bond donors (Lipinski definition) is 0. The van der Waals surface area contributed by atoms with Crippen LogP contribution in [0.15, 0.2) is 42.7 Å². The zero-order valence-corrected chi connectivity index (χ0v) is 12.2. The Morgan fingerprint density at radius 1 is 1.25 bits per heavy atom. The number of aromatic nitrogens is 2. The Morgan fingerprint density at radius 2 is 2.00 bits per heavy atom. The number of ether oxygens (including phenoxy) is 1. The van der Waals surface area contributed by atoms with Crippen molar-refractivity contribution in [3.63, 3.8) is 0 Å². The van der Waals surface area contributed by atoms with Crippen LogP contribution in [-0.2, 0) is 26.9 Å². The average molecular weight is 294 g/mol. The molecule has 5 nitrogen and oxygen atoms in total. The van der Waals surface area contributed by atoms with Gasteiger partial charge in [-0.25, -0.2) is 13.4 Å². The molecule has 20 heavy (non-hydrogen) atoms. The Morgan fingerprint density at radius 3 is 2.70 bits per heavy atom. The fraction of sp³-hybridized carbons (Fsp3) is 0.357. The summed E-state index contributed by atoms with van der Waals surface area (Å²) >= 11 is 0. The molecule has 0 fully saturated rings. The van der Waals surface area contributed by atoms with Crippen LogP contribution in [0.25, 0.3) is 0 Å². The Balaban J connectivity index is 2.09. The normalized spacial score (nSPS) is 11.7. The zero-order chi connectivity index (χ0) is 14.4. The van der Waals surface area contributed by atoms with Crippen molar-refractivity contribution in [2.75, 3.05) is 19.5 Å². The monoisotopic (exact) mass is 294 g/mol. The summed E-state index contributed by atoms with van der Waals surface area (Å²) in [5.74, 6) is 0.516. The lowest BCUT2D eigenvalue weighted by atomic mass is 10.2. The smallest absolute Gasteiger partial charge is 0.159 e. The molecular weight excluding hydrogens is 276 g/mol. The summed E-state index contributed by atoms with van der Waals surface area (Å²) in [5.41, 5.74) is 1.11. The maximum absolute atomic E-state index is 11.9. The van der Waals surface area contributed by atoms with Gasteiger partial charge >= 0.3 is 0 Å². The maximum Gasteiger partial charge on any atom is 0.159 e. The lowest BCUT2D eigenvalue weighted by Gasteiger charge is -2.08. The molecule has 0 unspecified atom stereocenters. The van der Waals surface area contributed by atoms with Crippen molar-refractivity contribution in [3.8, 4) is 0 Å². The quantitative estimate of drug-likeness (QED) is 0.776. The molecule has 6 heteroatoms. The van der Waals surface area contributed by atoms with Crippen LogP contribution < -0.4 is 0 Å². The summed E-state index contributed by atoms with van der Waals surface area (Å²) in [6.07, 6.45) is 3.43. The Hall–Kier alpha value is -1.66. The topological polar surface area (TPSA) is 61.2 Å². The lowest BCUT2D eigenvalue weighted by Crippen LogP contribution is -2.16. The molecule has 0 aliphatic carbocycles. The predicted molar refractivity (Wildman–Crippen MR) is 77.1 cm³/mol. The summed E-state index contributed by atoms with van der Waals surface area (Å²) in [6, 6.07) is 9.88. The van der Waals surface area contributed by atoms with E-state index in [1.807, 2.05) is 34.9 Å². The van der Waals surface area contributed by atoms with E-state index in [1.54, 1.807) is 12.4 Å². The van der Waals surface area contributed by atoms with Crippen LogP contribution in [0.4, 0.5) is 0 Å². The highest BCUT2D eigenvalue weighted by Crippen LogP contribution is 2.09. The molecule has 0 radical (unpaired) electrons. The number of imidazole rings is 1. The van der Waals surface area contributed by atoms with Crippen molar-refractivity contribution in [1.29, 1.82) is 0 Å². The van der Waals surface area contributed by atoms with Gasteiger partial charge < -0.3 is 9.30 Å². The van der Waals surface area contributed by atoms with Crippen molar-refractivity contribution < 1.29 is 13.2 Å². The number of sulfone groups is 1. The number of hydrogen-bond acceptors (Lipinski definition) is 4. The third-order valence-electron chi connectivity index (χ3n) is 2.94. The second-order valence-electron chi connectivity index (χ2n) is 4.54. The van der Waals surface area contributed by atoms with Gasteiger partial charge in [-0.3, -0.25) is 0 Å². The first kappa shape index (κ1) is 14.7. The molecule has 1 heterocycles. The third kappa shape index (κ3) is 4.18. The molecule has 0 atom stereocenters. The Bertz CT molecular complexity index is 635. The van der Waals surface area contributed by atoms with Gasteiger partial charge in [-0.05, 0) is 5.56 Å². The zero-order valence-electron chi connectivity index (χ0n) is 11.4. The minimum absolute atomic E-state index is 0.0156. The van der Waals surface area contributed by atoms with Crippen molar-refractivity contribution in [2.45, 2.75) is 12.3 Å². The van der Waals surface area contributed by atoms with Crippen LogP contribution in [0, 0.1) is 0 Å². The minimum atomic E-state index is -3.19. The summed E-state index contributed by atoms with van der Waals surface area (Å²) in [6.45, 7) is 0.831. The molecule has 0 aliphatic rings. The fourth-order valence-electron chi connectivity index (χ4n) is 1.88. The number of nitrogens with zero attached hydrogens (tertiary/aromatic N) is 2. The van der Waals surface area contributed by atoms with Crippen molar-refractivity contribution >= 4 is 9.84 Å². The lowest BCUT2D eigenvalue weighted by molar-refractivity contribution is 0.217. The average Bonchev–Trinajstić information content (AvgIpc) is 2.84. The van der Waals surface area contributed by atoms with Gasteiger partial charge in [0, 0.05) is 26.0 Å².